The summed E-state index contributed by atoms with van der Waals surface area (Å²) in [6, 6.07) is 8.73. The smallest absolute Gasteiger partial charge is 0.338 e. The molecule has 0 aliphatic carbocycles. The number of rotatable bonds is 10. The summed E-state index contributed by atoms with van der Waals surface area (Å²) in [4.78, 5) is 33.2. The van der Waals surface area contributed by atoms with Crippen molar-refractivity contribution >= 4 is 34.7 Å². The van der Waals surface area contributed by atoms with Gasteiger partial charge >= 0.3 is 5.97 Å². The first-order valence-corrected chi connectivity index (χ1v) is 14.1. The minimum absolute atomic E-state index is 0.205. The summed E-state index contributed by atoms with van der Waals surface area (Å²) in [5.41, 5.74) is 1.37. The molecule has 0 amide bonds. The average Bonchev–Trinajstić information content (AvgIpc) is 3.48. The molecule has 0 saturated carbocycles. The lowest BCUT2D eigenvalue weighted by Crippen LogP contribution is -2.40. The highest BCUT2D eigenvalue weighted by Gasteiger charge is 2.34. The Morgan fingerprint density at radius 2 is 2.03 bits per heavy atom. The molecule has 4 rings (SSSR count). The van der Waals surface area contributed by atoms with E-state index < -0.39 is 12.0 Å². The normalized spacial score (nSPS) is 15.5. The Kier molecular flexibility index (Phi) is 8.66. The summed E-state index contributed by atoms with van der Waals surface area (Å²) in [5.74, 6) is 0.674. The zero-order valence-electron chi connectivity index (χ0n) is 21.8. The molecule has 2 aromatic heterocycles. The zero-order chi connectivity index (χ0) is 26.5. The summed E-state index contributed by atoms with van der Waals surface area (Å²) >= 11 is 2.87. The fourth-order valence-corrected chi connectivity index (χ4v) is 5.96. The topological polar surface area (TPSA) is 79.1 Å². The molecule has 3 aromatic rings. The molecule has 196 valence electrons. The van der Waals surface area contributed by atoms with Gasteiger partial charge in [0.2, 0.25) is 0 Å². The van der Waals surface area contributed by atoms with Gasteiger partial charge in [0.05, 0.1) is 41.7 Å². The molecular weight excluding hydrogens is 508 g/mol. The first kappa shape index (κ1) is 26.9. The van der Waals surface area contributed by atoms with Crippen LogP contribution >= 0.6 is 22.7 Å². The molecule has 1 aliphatic heterocycles. The lowest BCUT2D eigenvalue weighted by atomic mass is 9.95. The van der Waals surface area contributed by atoms with E-state index in [-0.39, 0.29) is 11.7 Å². The van der Waals surface area contributed by atoms with Crippen LogP contribution in [0.3, 0.4) is 0 Å². The van der Waals surface area contributed by atoms with Gasteiger partial charge in [-0.05, 0) is 62.4 Å². The largest absolute Gasteiger partial charge is 0.493 e. The molecule has 3 heterocycles. The van der Waals surface area contributed by atoms with E-state index in [9.17, 15) is 9.59 Å². The molecule has 9 heteroatoms. The standard InChI is InChI=1S/C28H32N2O5S2/c1-6-7-8-13-34-21-12-11-19(15-22(21)33-5)25-24(27(32)35-17(2)3)18(4)29-28-30(25)26(31)23(37-28)16-20-10-9-14-36-20/h9-12,14-17,25H,6-8,13H2,1-5H3. The number of nitrogens with zero attached hydrogens (tertiary/aromatic N) is 2. The number of carbonyl (C=O) groups excluding carboxylic acids is 1. The van der Waals surface area contributed by atoms with E-state index >= 15 is 0 Å². The predicted octanol–water partition coefficient (Wildman–Crippen LogP) is 4.83. The van der Waals surface area contributed by atoms with Crippen molar-refractivity contribution in [3.05, 3.63) is 77.1 Å². The maximum Gasteiger partial charge on any atom is 0.338 e. The fourth-order valence-electron chi connectivity index (χ4n) is 4.19. The van der Waals surface area contributed by atoms with Crippen molar-refractivity contribution < 1.29 is 19.0 Å². The zero-order valence-corrected chi connectivity index (χ0v) is 23.4. The summed E-state index contributed by atoms with van der Waals surface area (Å²) in [6.07, 6.45) is 4.70. The minimum Gasteiger partial charge on any atom is -0.493 e. The van der Waals surface area contributed by atoms with Crippen molar-refractivity contribution in [2.24, 2.45) is 4.99 Å². The van der Waals surface area contributed by atoms with Gasteiger partial charge in [-0.1, -0.05) is 43.2 Å². The van der Waals surface area contributed by atoms with Gasteiger partial charge in [0, 0.05) is 4.88 Å². The van der Waals surface area contributed by atoms with Crippen molar-refractivity contribution in [1.82, 2.24) is 4.57 Å². The number of thiazole rings is 1. The van der Waals surface area contributed by atoms with E-state index in [1.165, 1.54) is 11.3 Å². The first-order valence-electron chi connectivity index (χ1n) is 12.4. The van der Waals surface area contributed by atoms with Gasteiger partial charge in [-0.3, -0.25) is 9.36 Å². The van der Waals surface area contributed by atoms with Crippen molar-refractivity contribution in [2.75, 3.05) is 13.7 Å². The van der Waals surface area contributed by atoms with Crippen LogP contribution in [-0.2, 0) is 9.53 Å². The fraction of sp³-hybridized carbons (Fsp3) is 0.393. The quantitative estimate of drug-likeness (QED) is 0.272. The number of allylic oxidation sites excluding steroid dienone is 1. The van der Waals surface area contributed by atoms with Crippen LogP contribution in [-0.4, -0.2) is 30.4 Å². The summed E-state index contributed by atoms with van der Waals surface area (Å²) in [7, 11) is 1.58. The molecule has 0 radical (unpaired) electrons. The molecule has 1 unspecified atom stereocenters. The summed E-state index contributed by atoms with van der Waals surface area (Å²) in [5, 5.41) is 1.97. The van der Waals surface area contributed by atoms with E-state index in [0.717, 1.165) is 24.1 Å². The Morgan fingerprint density at radius 3 is 2.70 bits per heavy atom. The number of carbonyl (C=O) groups is 1. The average molecular weight is 541 g/mol. The Labute approximate surface area is 224 Å². The van der Waals surface area contributed by atoms with E-state index in [4.69, 9.17) is 14.2 Å². The van der Waals surface area contributed by atoms with Gasteiger partial charge in [0.25, 0.3) is 5.56 Å². The van der Waals surface area contributed by atoms with Crippen LogP contribution in [0.25, 0.3) is 6.08 Å². The third-order valence-electron chi connectivity index (χ3n) is 5.91. The first-order chi connectivity index (χ1) is 17.8. The Bertz CT molecular complexity index is 1460. The number of methoxy groups -OCH3 is 1. The molecule has 0 saturated heterocycles. The second-order valence-corrected chi connectivity index (χ2v) is 11.0. The van der Waals surface area contributed by atoms with Crippen LogP contribution < -0.4 is 24.4 Å². The molecule has 0 bridgehead atoms. The maximum atomic E-state index is 13.7. The second-order valence-electron chi connectivity index (χ2n) is 9.02. The van der Waals surface area contributed by atoms with Crippen LogP contribution in [0.15, 0.2) is 56.8 Å². The number of aromatic nitrogens is 1. The molecule has 0 N–H and O–H groups in total. The van der Waals surface area contributed by atoms with Crippen molar-refractivity contribution in [3.8, 4) is 11.5 Å². The van der Waals surface area contributed by atoms with Gasteiger partial charge in [-0.2, -0.15) is 0 Å². The lowest BCUT2D eigenvalue weighted by Gasteiger charge is -2.26. The third-order valence-corrected chi connectivity index (χ3v) is 7.71. The lowest BCUT2D eigenvalue weighted by molar-refractivity contribution is -0.143. The molecule has 1 aliphatic rings. The number of esters is 1. The van der Waals surface area contributed by atoms with Crippen molar-refractivity contribution in [3.63, 3.8) is 0 Å². The van der Waals surface area contributed by atoms with Crippen LogP contribution in [0.2, 0.25) is 0 Å². The van der Waals surface area contributed by atoms with E-state index in [1.807, 2.05) is 41.8 Å². The highest BCUT2D eigenvalue weighted by Crippen LogP contribution is 2.36. The molecule has 1 atom stereocenters. The SMILES string of the molecule is CCCCCOc1ccc(C2C(C(=O)OC(C)C)=C(C)N=c3sc(=Cc4cccs4)c(=O)n32)cc1OC. The van der Waals surface area contributed by atoms with Crippen LogP contribution in [0.4, 0.5) is 0 Å². The van der Waals surface area contributed by atoms with Crippen LogP contribution in [0, 0.1) is 0 Å². The number of benzene rings is 1. The number of fused-ring (bicyclic) bond motifs is 1. The summed E-state index contributed by atoms with van der Waals surface area (Å²) in [6.45, 7) is 8.11. The van der Waals surface area contributed by atoms with Crippen LogP contribution in [0.1, 0.15) is 63.4 Å². The van der Waals surface area contributed by atoms with Gasteiger partial charge in [0.15, 0.2) is 16.3 Å². The molecule has 0 spiro atoms. The molecule has 37 heavy (non-hydrogen) atoms. The van der Waals surface area contributed by atoms with Gasteiger partial charge in [-0.15, -0.1) is 11.3 Å². The molecule has 7 nitrogen and oxygen atoms in total. The monoisotopic (exact) mass is 540 g/mol. The maximum absolute atomic E-state index is 13.7. The van der Waals surface area contributed by atoms with Crippen molar-refractivity contribution in [1.29, 1.82) is 0 Å². The van der Waals surface area contributed by atoms with E-state index in [1.54, 1.807) is 43.8 Å². The second kappa shape index (κ2) is 11.9. The number of hydrogen-bond acceptors (Lipinski definition) is 8. The minimum atomic E-state index is -0.712. The molecule has 0 fully saturated rings. The number of ether oxygens (including phenoxy) is 3. The Morgan fingerprint density at radius 1 is 1.22 bits per heavy atom. The summed E-state index contributed by atoms with van der Waals surface area (Å²) < 4.78 is 19.3. The number of hydrogen-bond donors (Lipinski definition) is 0. The van der Waals surface area contributed by atoms with Gasteiger partial charge < -0.3 is 14.2 Å². The van der Waals surface area contributed by atoms with Gasteiger partial charge in [0.1, 0.15) is 0 Å². The third kappa shape index (κ3) is 5.88. The highest BCUT2D eigenvalue weighted by atomic mass is 32.1. The van der Waals surface area contributed by atoms with Crippen LogP contribution in [0.5, 0.6) is 11.5 Å². The Hall–Kier alpha value is -3.17. The highest BCUT2D eigenvalue weighted by molar-refractivity contribution is 7.11. The molecular formula is C28H32N2O5S2. The number of unbranched alkanes of at least 4 members (excludes halogenated alkanes) is 2. The van der Waals surface area contributed by atoms with Gasteiger partial charge in [-0.25, -0.2) is 9.79 Å². The number of thiophene rings is 1. The Balaban J connectivity index is 1.85. The molecule has 1 aromatic carbocycles. The van der Waals surface area contributed by atoms with E-state index in [2.05, 4.69) is 11.9 Å². The van der Waals surface area contributed by atoms with Crippen molar-refractivity contribution in [2.45, 2.75) is 59.1 Å². The van der Waals surface area contributed by atoms with E-state index in [0.29, 0.717) is 44.3 Å². The predicted molar refractivity (Wildman–Crippen MR) is 147 cm³/mol.